The van der Waals surface area contributed by atoms with E-state index in [1.807, 2.05) is 12.1 Å². The molecule has 0 amide bonds. The molecule has 0 fully saturated rings. The first-order valence-electron chi connectivity index (χ1n) is 18.5. The van der Waals surface area contributed by atoms with Gasteiger partial charge < -0.3 is 8.98 Å². The van der Waals surface area contributed by atoms with E-state index in [2.05, 4.69) is 168 Å². The van der Waals surface area contributed by atoms with E-state index in [4.69, 9.17) is 14.4 Å². The molecule has 0 unspecified atom stereocenters. The van der Waals surface area contributed by atoms with Crippen LogP contribution in [-0.4, -0.2) is 14.5 Å². The number of rotatable bonds is 4. The third-order valence-electron chi connectivity index (χ3n) is 11.0. The van der Waals surface area contributed by atoms with E-state index in [-0.39, 0.29) is 0 Å². The molecular weight excluding hydrogens is 691 g/mol. The van der Waals surface area contributed by atoms with E-state index < -0.39 is 0 Å². The highest BCUT2D eigenvalue weighted by atomic mass is 32.1. The number of benzene rings is 8. The van der Waals surface area contributed by atoms with Crippen LogP contribution >= 0.6 is 11.3 Å². The van der Waals surface area contributed by atoms with Gasteiger partial charge in [-0.05, 0) is 76.5 Å². The van der Waals surface area contributed by atoms with Crippen molar-refractivity contribution < 1.29 is 4.42 Å². The highest BCUT2D eigenvalue weighted by molar-refractivity contribution is 7.26. The smallest absolute Gasteiger partial charge is 0.161 e. The molecule has 0 saturated heterocycles. The number of fused-ring (bicyclic) bond motifs is 10. The number of para-hydroxylation sites is 2. The maximum absolute atomic E-state index is 6.59. The van der Waals surface area contributed by atoms with Crippen LogP contribution < -0.4 is 0 Å². The molecule has 4 nitrogen and oxygen atoms in total. The largest absolute Gasteiger partial charge is 0.456 e. The first-order valence-corrected chi connectivity index (χ1v) is 19.3. The zero-order valence-electron chi connectivity index (χ0n) is 29.4. The predicted octanol–water partition coefficient (Wildman–Crippen LogP) is 14.0. The Hall–Kier alpha value is -7.08. The molecule has 0 aliphatic heterocycles. The molecule has 5 heteroatoms. The molecule has 0 radical (unpaired) electrons. The second-order valence-electron chi connectivity index (χ2n) is 14.1. The number of nitrogens with zero attached hydrogens (tertiary/aromatic N) is 3. The van der Waals surface area contributed by atoms with E-state index in [1.165, 1.54) is 37.3 Å². The van der Waals surface area contributed by atoms with E-state index in [0.29, 0.717) is 5.82 Å². The second kappa shape index (κ2) is 11.7. The topological polar surface area (TPSA) is 43.9 Å². The van der Waals surface area contributed by atoms with Crippen LogP contribution in [0.25, 0.3) is 114 Å². The summed E-state index contributed by atoms with van der Waals surface area (Å²) in [4.78, 5) is 10.8. The minimum Gasteiger partial charge on any atom is -0.456 e. The van der Waals surface area contributed by atoms with Crippen molar-refractivity contribution >= 4 is 86.2 Å². The third kappa shape index (κ3) is 4.64. The minimum atomic E-state index is 0.681. The summed E-state index contributed by atoms with van der Waals surface area (Å²) in [5.74, 6) is 0.681. The molecule has 0 aliphatic carbocycles. The van der Waals surface area contributed by atoms with E-state index in [1.54, 1.807) is 11.3 Å². The minimum absolute atomic E-state index is 0.681. The van der Waals surface area contributed by atoms with Crippen molar-refractivity contribution in [2.24, 2.45) is 0 Å². The monoisotopic (exact) mass is 719 g/mol. The lowest BCUT2D eigenvalue weighted by Crippen LogP contribution is -1.97. The first-order chi connectivity index (χ1) is 27.2. The molecule has 12 rings (SSSR count). The fourth-order valence-electron chi connectivity index (χ4n) is 8.46. The SMILES string of the molecule is c1cc(-c2nc(-c3cccc4oc5cc(-c6ccc7ccccc7c6)ccc5c34)nc3c2sc2ccccc23)cc(-n2c3ccccc3c3ccccc32)c1. The number of thiophene rings is 1. The maximum Gasteiger partial charge on any atom is 0.161 e. The Morgan fingerprint density at radius 3 is 2.04 bits per heavy atom. The molecule has 0 saturated carbocycles. The quantitative estimate of drug-likeness (QED) is 0.182. The normalized spacial score (nSPS) is 12.0. The van der Waals surface area contributed by atoms with Crippen molar-refractivity contribution in [3.8, 4) is 39.5 Å². The van der Waals surface area contributed by atoms with Gasteiger partial charge in [0.25, 0.3) is 0 Å². The average Bonchev–Trinajstić information content (AvgIpc) is 3.92. The molecule has 0 spiro atoms. The van der Waals surface area contributed by atoms with Gasteiger partial charge >= 0.3 is 0 Å². The second-order valence-corrected chi connectivity index (χ2v) is 15.2. The summed E-state index contributed by atoms with van der Waals surface area (Å²) < 4.78 is 11.2. The van der Waals surface area contributed by atoms with Crippen LogP contribution in [0.1, 0.15) is 0 Å². The lowest BCUT2D eigenvalue weighted by molar-refractivity contribution is 0.669. The summed E-state index contributed by atoms with van der Waals surface area (Å²) >= 11 is 1.75. The third-order valence-corrected chi connectivity index (χ3v) is 12.2. The van der Waals surface area contributed by atoms with Gasteiger partial charge in [-0.15, -0.1) is 11.3 Å². The summed E-state index contributed by atoms with van der Waals surface area (Å²) in [6.45, 7) is 0. The molecule has 4 heterocycles. The molecular formula is C50H29N3OS. The summed E-state index contributed by atoms with van der Waals surface area (Å²) in [6, 6.07) is 62.5. The Morgan fingerprint density at radius 2 is 1.18 bits per heavy atom. The van der Waals surface area contributed by atoms with Gasteiger partial charge in [0.15, 0.2) is 5.82 Å². The van der Waals surface area contributed by atoms with Gasteiger partial charge in [-0.1, -0.05) is 121 Å². The first kappa shape index (κ1) is 30.4. The van der Waals surface area contributed by atoms with Crippen molar-refractivity contribution in [2.45, 2.75) is 0 Å². The van der Waals surface area contributed by atoms with Crippen molar-refractivity contribution in [1.82, 2.24) is 14.5 Å². The molecule has 0 atom stereocenters. The van der Waals surface area contributed by atoms with Gasteiger partial charge in [-0.3, -0.25) is 0 Å². The molecule has 4 aromatic heterocycles. The zero-order chi connectivity index (χ0) is 36.0. The zero-order valence-corrected chi connectivity index (χ0v) is 30.2. The van der Waals surface area contributed by atoms with E-state index in [9.17, 15) is 0 Å². The van der Waals surface area contributed by atoms with Crippen molar-refractivity contribution in [2.75, 3.05) is 0 Å². The number of furan rings is 1. The summed E-state index contributed by atoms with van der Waals surface area (Å²) in [6.07, 6.45) is 0. The Kier molecular flexibility index (Phi) is 6.47. The summed E-state index contributed by atoms with van der Waals surface area (Å²) in [5.41, 5.74) is 11.3. The number of hydrogen-bond donors (Lipinski definition) is 0. The lowest BCUT2D eigenvalue weighted by Gasteiger charge is -2.12. The molecule has 8 aromatic carbocycles. The standard InChI is InChI=1S/C50H29N3OS/c1-2-12-31-27-32(24-23-30(31)11-1)33-25-26-38-44(29-33)54-43-21-10-18-40(46(38)43)50-51-47(49-48(52-50)39-17-5-8-22-45(39)55-49)34-13-9-14-35(28-34)53-41-19-6-3-15-36(41)37-16-4-7-20-42(37)53/h1-29H. The average molecular weight is 720 g/mol. The van der Waals surface area contributed by atoms with Crippen LogP contribution in [0.3, 0.4) is 0 Å². The van der Waals surface area contributed by atoms with Crippen LogP contribution in [0.2, 0.25) is 0 Å². The molecule has 256 valence electrons. The molecule has 55 heavy (non-hydrogen) atoms. The van der Waals surface area contributed by atoms with Gasteiger partial charge in [0.05, 0.1) is 26.9 Å². The molecule has 12 aromatic rings. The van der Waals surface area contributed by atoms with Crippen LogP contribution in [0.5, 0.6) is 0 Å². The van der Waals surface area contributed by atoms with Crippen LogP contribution in [-0.2, 0) is 0 Å². The number of hydrogen-bond acceptors (Lipinski definition) is 4. The molecule has 0 bridgehead atoms. The summed E-state index contributed by atoms with van der Waals surface area (Å²) in [5, 5.41) is 8.13. The van der Waals surface area contributed by atoms with E-state index in [0.717, 1.165) is 71.2 Å². The van der Waals surface area contributed by atoms with Crippen LogP contribution in [0, 0.1) is 0 Å². The van der Waals surface area contributed by atoms with Gasteiger partial charge in [0.1, 0.15) is 11.2 Å². The van der Waals surface area contributed by atoms with Crippen LogP contribution in [0.4, 0.5) is 0 Å². The van der Waals surface area contributed by atoms with Crippen molar-refractivity contribution in [3.05, 3.63) is 176 Å². The molecule has 0 N–H and O–H groups in total. The highest BCUT2D eigenvalue weighted by Gasteiger charge is 2.21. The van der Waals surface area contributed by atoms with Gasteiger partial charge in [0, 0.05) is 48.4 Å². The Morgan fingerprint density at radius 1 is 0.473 bits per heavy atom. The van der Waals surface area contributed by atoms with Gasteiger partial charge in [-0.2, -0.15) is 0 Å². The van der Waals surface area contributed by atoms with Crippen molar-refractivity contribution in [1.29, 1.82) is 0 Å². The number of aromatic nitrogens is 3. The Balaban J connectivity index is 1.07. The maximum atomic E-state index is 6.59. The highest BCUT2D eigenvalue weighted by Crippen LogP contribution is 2.43. The van der Waals surface area contributed by atoms with Crippen LogP contribution in [0.15, 0.2) is 180 Å². The predicted molar refractivity (Wildman–Crippen MR) is 230 cm³/mol. The Labute approximate surface area is 319 Å². The fourth-order valence-corrected chi connectivity index (χ4v) is 9.61. The van der Waals surface area contributed by atoms with E-state index >= 15 is 0 Å². The summed E-state index contributed by atoms with van der Waals surface area (Å²) in [7, 11) is 0. The Bertz CT molecular complexity index is 3460. The van der Waals surface area contributed by atoms with Crippen molar-refractivity contribution in [3.63, 3.8) is 0 Å². The van der Waals surface area contributed by atoms with Gasteiger partial charge in [-0.25, -0.2) is 9.97 Å². The fraction of sp³-hybridized carbons (Fsp3) is 0. The van der Waals surface area contributed by atoms with Gasteiger partial charge in [0.2, 0.25) is 0 Å². The molecule has 0 aliphatic rings. The lowest BCUT2D eigenvalue weighted by atomic mass is 9.99.